The smallest absolute Gasteiger partial charge is 0.305 e. The van der Waals surface area contributed by atoms with E-state index < -0.39 is 0 Å². The number of hydrogen-bond acceptors (Lipinski definition) is 5. The molecule has 1 aliphatic rings. The Balaban J connectivity index is 1.79. The highest BCUT2D eigenvalue weighted by Crippen LogP contribution is 2.42. The Bertz CT molecular complexity index is 1230. The molecule has 9 heteroatoms. The summed E-state index contributed by atoms with van der Waals surface area (Å²) < 4.78 is 12.6. The van der Waals surface area contributed by atoms with Crippen molar-refractivity contribution in [3.63, 3.8) is 0 Å². The molecule has 4 rings (SSSR count). The summed E-state index contributed by atoms with van der Waals surface area (Å²) in [5, 5.41) is 4.75. The van der Waals surface area contributed by atoms with Crippen molar-refractivity contribution < 1.29 is 14.3 Å². The molecule has 2 atom stereocenters. The lowest BCUT2D eigenvalue weighted by atomic mass is 9.96. The Morgan fingerprint density at radius 2 is 2.00 bits per heavy atom. The van der Waals surface area contributed by atoms with Crippen molar-refractivity contribution in [3.8, 4) is 11.4 Å². The van der Waals surface area contributed by atoms with Gasteiger partial charge < -0.3 is 24.3 Å². The molecule has 1 aliphatic heterocycles. The number of esters is 1. The summed E-state index contributed by atoms with van der Waals surface area (Å²) in [4.78, 5) is 18.5. The number of halogens is 1. The van der Waals surface area contributed by atoms with E-state index in [1.54, 1.807) is 13.3 Å². The van der Waals surface area contributed by atoms with Gasteiger partial charge in [-0.2, -0.15) is 0 Å². The Kier molecular flexibility index (Phi) is 7.62. The van der Waals surface area contributed by atoms with Crippen molar-refractivity contribution in [1.29, 1.82) is 0 Å². The molecular weight excluding hydrogens is 484 g/mol. The third-order valence-electron chi connectivity index (χ3n) is 6.38. The zero-order valence-electron chi connectivity index (χ0n) is 20.2. The molecule has 3 heterocycles. The van der Waals surface area contributed by atoms with Gasteiger partial charge in [0.1, 0.15) is 5.75 Å². The van der Waals surface area contributed by atoms with E-state index in [2.05, 4.69) is 39.7 Å². The topological polar surface area (TPSA) is 68.6 Å². The van der Waals surface area contributed by atoms with Gasteiger partial charge in [-0.05, 0) is 74.4 Å². The first-order valence-electron chi connectivity index (χ1n) is 11.4. The molecule has 0 amide bonds. The molecule has 1 fully saturated rings. The number of thiocarbonyl (C=S) groups is 1. The van der Waals surface area contributed by atoms with Crippen LogP contribution >= 0.6 is 23.8 Å². The van der Waals surface area contributed by atoms with E-state index in [0.717, 1.165) is 34.1 Å². The molecule has 0 bridgehead atoms. The minimum absolute atomic E-state index is 0.111. The number of benzene rings is 1. The lowest BCUT2D eigenvalue weighted by Gasteiger charge is -2.28. The zero-order valence-corrected chi connectivity index (χ0v) is 21.8. The van der Waals surface area contributed by atoms with Gasteiger partial charge in [0.2, 0.25) is 0 Å². The highest BCUT2D eigenvalue weighted by molar-refractivity contribution is 7.80. The third kappa shape index (κ3) is 4.99. The largest absolute Gasteiger partial charge is 0.495 e. The van der Waals surface area contributed by atoms with Gasteiger partial charge in [-0.3, -0.25) is 9.78 Å². The van der Waals surface area contributed by atoms with E-state index in [4.69, 9.17) is 33.3 Å². The van der Waals surface area contributed by atoms with Crippen LogP contribution in [0.2, 0.25) is 5.02 Å². The summed E-state index contributed by atoms with van der Waals surface area (Å²) in [6.07, 6.45) is 2.74. The molecule has 7 nitrogen and oxygen atoms in total. The SMILES string of the molecule is COC(=O)CCCN1C(=S)N[C@H](c2ccccn2)[C@H]1c1cc(C)n(-c2cc(Cl)ccc2OC)c1C. The second-order valence-electron chi connectivity index (χ2n) is 8.48. The van der Waals surface area contributed by atoms with Gasteiger partial charge in [0.15, 0.2) is 5.11 Å². The number of methoxy groups -OCH3 is 2. The minimum Gasteiger partial charge on any atom is -0.495 e. The number of aryl methyl sites for hydroxylation is 1. The number of ether oxygens (including phenoxy) is 2. The molecule has 0 saturated carbocycles. The highest BCUT2D eigenvalue weighted by atomic mass is 35.5. The maximum Gasteiger partial charge on any atom is 0.305 e. The molecule has 0 unspecified atom stereocenters. The number of hydrogen-bond donors (Lipinski definition) is 1. The van der Waals surface area contributed by atoms with Crippen LogP contribution in [0.25, 0.3) is 5.69 Å². The number of nitrogens with zero attached hydrogens (tertiary/aromatic N) is 3. The summed E-state index contributed by atoms with van der Waals surface area (Å²) in [6, 6.07) is 13.4. The van der Waals surface area contributed by atoms with Crippen molar-refractivity contribution in [2.75, 3.05) is 20.8 Å². The van der Waals surface area contributed by atoms with Crippen LogP contribution in [0, 0.1) is 13.8 Å². The maximum absolute atomic E-state index is 11.7. The van der Waals surface area contributed by atoms with Crippen molar-refractivity contribution in [3.05, 3.63) is 76.3 Å². The molecule has 2 aromatic heterocycles. The standard InChI is InChI=1S/C26H29ClN4O3S/c1-16-14-19(17(2)31(16)21-15-18(27)10-11-22(21)33-3)25-24(20-8-5-6-12-28-20)29-26(35)30(25)13-7-9-23(32)34-4/h5-6,8,10-12,14-15,24-25H,7,9,13H2,1-4H3,(H,29,35)/t24-,25-/m1/s1. The summed E-state index contributed by atoms with van der Waals surface area (Å²) in [5.74, 6) is 0.506. The first kappa shape index (κ1) is 25.0. The van der Waals surface area contributed by atoms with Crippen molar-refractivity contribution >= 4 is 34.9 Å². The van der Waals surface area contributed by atoms with E-state index in [9.17, 15) is 4.79 Å². The molecule has 1 N–H and O–H groups in total. The van der Waals surface area contributed by atoms with Crippen LogP contribution in [0.5, 0.6) is 5.75 Å². The monoisotopic (exact) mass is 512 g/mol. The van der Waals surface area contributed by atoms with Gasteiger partial charge in [0, 0.05) is 35.6 Å². The van der Waals surface area contributed by atoms with Gasteiger partial charge in [0.05, 0.1) is 37.7 Å². The number of aromatic nitrogens is 2. The maximum atomic E-state index is 11.7. The van der Waals surface area contributed by atoms with Gasteiger partial charge in [-0.15, -0.1) is 0 Å². The zero-order chi connectivity index (χ0) is 25.1. The van der Waals surface area contributed by atoms with Crippen LogP contribution in [0.15, 0.2) is 48.7 Å². The number of carbonyl (C=O) groups excluding carboxylic acids is 1. The van der Waals surface area contributed by atoms with Gasteiger partial charge in [0.25, 0.3) is 0 Å². The average molecular weight is 513 g/mol. The van der Waals surface area contributed by atoms with E-state index in [-0.39, 0.29) is 18.1 Å². The molecule has 1 saturated heterocycles. The van der Waals surface area contributed by atoms with Crippen LogP contribution in [0.3, 0.4) is 0 Å². The van der Waals surface area contributed by atoms with Crippen LogP contribution in [0.1, 0.15) is 47.6 Å². The first-order valence-corrected chi connectivity index (χ1v) is 12.2. The van der Waals surface area contributed by atoms with E-state index >= 15 is 0 Å². The van der Waals surface area contributed by atoms with E-state index in [1.165, 1.54) is 7.11 Å². The fourth-order valence-corrected chi connectivity index (χ4v) is 5.27. The van der Waals surface area contributed by atoms with Crippen molar-refractivity contribution in [1.82, 2.24) is 19.8 Å². The molecule has 0 spiro atoms. The van der Waals surface area contributed by atoms with Crippen LogP contribution in [-0.4, -0.2) is 46.3 Å². The van der Waals surface area contributed by atoms with E-state index in [1.807, 2.05) is 36.4 Å². The Labute approximate surface area is 216 Å². The summed E-state index contributed by atoms with van der Waals surface area (Å²) in [7, 11) is 3.06. The Morgan fingerprint density at radius 3 is 2.69 bits per heavy atom. The van der Waals surface area contributed by atoms with E-state index in [0.29, 0.717) is 29.5 Å². The van der Waals surface area contributed by atoms with Gasteiger partial charge in [-0.1, -0.05) is 17.7 Å². The Morgan fingerprint density at radius 1 is 1.20 bits per heavy atom. The molecule has 0 radical (unpaired) electrons. The lowest BCUT2D eigenvalue weighted by molar-refractivity contribution is -0.140. The molecule has 3 aromatic rings. The van der Waals surface area contributed by atoms with Crippen LogP contribution < -0.4 is 10.1 Å². The van der Waals surface area contributed by atoms with Crippen molar-refractivity contribution in [2.24, 2.45) is 0 Å². The summed E-state index contributed by atoms with van der Waals surface area (Å²) in [6.45, 7) is 4.76. The second kappa shape index (κ2) is 10.7. The third-order valence-corrected chi connectivity index (χ3v) is 6.96. The minimum atomic E-state index is -0.230. The second-order valence-corrected chi connectivity index (χ2v) is 9.30. The quantitative estimate of drug-likeness (QED) is 0.333. The Hall–Kier alpha value is -3.10. The predicted octanol–water partition coefficient (Wildman–Crippen LogP) is 5.08. The summed E-state index contributed by atoms with van der Waals surface area (Å²) >= 11 is 12.1. The fraction of sp³-hybridized carbons (Fsp3) is 0.346. The van der Waals surface area contributed by atoms with Crippen molar-refractivity contribution in [2.45, 2.75) is 38.8 Å². The molecule has 35 heavy (non-hydrogen) atoms. The first-order chi connectivity index (χ1) is 16.8. The number of pyridine rings is 1. The van der Waals surface area contributed by atoms with Crippen LogP contribution in [0.4, 0.5) is 0 Å². The number of nitrogens with one attached hydrogen (secondary N) is 1. The highest BCUT2D eigenvalue weighted by Gasteiger charge is 2.41. The number of carbonyl (C=O) groups is 1. The molecule has 0 aliphatic carbocycles. The summed E-state index contributed by atoms with van der Waals surface area (Å²) in [5.41, 5.74) is 5.00. The predicted molar refractivity (Wildman–Crippen MR) is 140 cm³/mol. The van der Waals surface area contributed by atoms with Crippen LogP contribution in [-0.2, 0) is 9.53 Å². The normalized spacial score (nSPS) is 17.4. The van der Waals surface area contributed by atoms with Gasteiger partial charge in [-0.25, -0.2) is 0 Å². The average Bonchev–Trinajstić information content (AvgIpc) is 3.34. The fourth-order valence-electron chi connectivity index (χ4n) is 4.78. The lowest BCUT2D eigenvalue weighted by Crippen LogP contribution is -2.31. The van der Waals surface area contributed by atoms with Gasteiger partial charge >= 0.3 is 5.97 Å². The molecule has 1 aromatic carbocycles. The molecule has 184 valence electrons. The number of rotatable bonds is 8. The molecular formula is C26H29ClN4O3S.